The second kappa shape index (κ2) is 3.78. The summed E-state index contributed by atoms with van der Waals surface area (Å²) in [4.78, 5) is 21.7. The van der Waals surface area contributed by atoms with E-state index in [0.29, 0.717) is 5.69 Å². The van der Waals surface area contributed by atoms with E-state index in [1.807, 2.05) is 0 Å². The van der Waals surface area contributed by atoms with Gasteiger partial charge in [-0.2, -0.15) is 0 Å². The second-order valence-corrected chi connectivity index (χ2v) is 3.72. The number of quaternary nitrogens is 1. The second-order valence-electron chi connectivity index (χ2n) is 3.72. The third kappa shape index (κ3) is 2.02. The van der Waals surface area contributed by atoms with E-state index in [-0.39, 0.29) is 16.1 Å². The molecule has 0 spiro atoms. The molecular weight excluding hydrogens is 196 g/mol. The minimum Gasteiger partial charge on any atom is -0.258 e. The van der Waals surface area contributed by atoms with E-state index in [0.717, 1.165) is 0 Å². The lowest BCUT2D eigenvalue weighted by Gasteiger charge is -2.23. The summed E-state index contributed by atoms with van der Waals surface area (Å²) in [6, 6.07) is 6.27. The maximum atomic E-state index is 11.4. The van der Waals surface area contributed by atoms with Crippen molar-refractivity contribution in [3.05, 3.63) is 34.4 Å². The minimum absolute atomic E-state index is 0.0299. The summed E-state index contributed by atoms with van der Waals surface area (Å²) < 4.78 is -0.128. The molecule has 0 fully saturated rings. The van der Waals surface area contributed by atoms with Gasteiger partial charge in [0, 0.05) is 12.1 Å². The molecule has 0 heterocycles. The van der Waals surface area contributed by atoms with Gasteiger partial charge in [0.15, 0.2) is 0 Å². The highest BCUT2D eigenvalue weighted by Gasteiger charge is 2.32. The number of nitrogens with zero attached hydrogens (tertiary/aromatic N) is 2. The molecule has 0 aromatic heterocycles. The van der Waals surface area contributed by atoms with Crippen molar-refractivity contribution < 1.29 is 9.72 Å². The normalized spacial score (nSPS) is 11.1. The summed E-state index contributed by atoms with van der Waals surface area (Å²) in [5, 5.41) is 10.8. The first-order valence-electron chi connectivity index (χ1n) is 4.46. The van der Waals surface area contributed by atoms with Crippen molar-refractivity contribution >= 4 is 17.3 Å². The molecule has 0 saturated carbocycles. The van der Waals surface area contributed by atoms with Gasteiger partial charge in [-0.25, -0.2) is 9.28 Å². The van der Waals surface area contributed by atoms with Gasteiger partial charge in [0.2, 0.25) is 5.69 Å². The van der Waals surface area contributed by atoms with Crippen LogP contribution in [0.4, 0.5) is 11.4 Å². The maximum Gasteiger partial charge on any atom is 0.329 e. The van der Waals surface area contributed by atoms with Gasteiger partial charge in [-0.1, -0.05) is 12.1 Å². The van der Waals surface area contributed by atoms with Crippen molar-refractivity contribution in [1.82, 2.24) is 4.48 Å². The molecule has 5 heteroatoms. The van der Waals surface area contributed by atoms with E-state index in [2.05, 4.69) is 0 Å². The van der Waals surface area contributed by atoms with Crippen LogP contribution in [0.5, 0.6) is 0 Å². The molecule has 1 rings (SSSR count). The zero-order valence-corrected chi connectivity index (χ0v) is 8.93. The highest BCUT2D eigenvalue weighted by atomic mass is 16.6. The molecule has 0 N–H and O–H groups in total. The van der Waals surface area contributed by atoms with Gasteiger partial charge in [-0.15, -0.1) is 0 Å². The Kier molecular flexibility index (Phi) is 2.85. The quantitative estimate of drug-likeness (QED) is 0.423. The van der Waals surface area contributed by atoms with Gasteiger partial charge >= 0.3 is 11.6 Å². The van der Waals surface area contributed by atoms with Crippen LogP contribution < -0.4 is 4.48 Å². The van der Waals surface area contributed by atoms with Crippen molar-refractivity contribution in [2.45, 2.75) is 6.92 Å². The fraction of sp³-hybridized carbons (Fsp3) is 0.300. The molecular formula is C10H13N2O3+. The van der Waals surface area contributed by atoms with Crippen molar-refractivity contribution in [3.8, 4) is 0 Å². The summed E-state index contributed by atoms with van der Waals surface area (Å²) in [5.41, 5.74) is 0.368. The maximum absolute atomic E-state index is 11.4. The Labute approximate surface area is 87.7 Å². The van der Waals surface area contributed by atoms with E-state index < -0.39 is 4.92 Å². The number of para-hydroxylation sites is 2. The number of carbonyl (C=O) groups excluding carboxylic acids is 1. The molecule has 1 amide bonds. The van der Waals surface area contributed by atoms with Crippen molar-refractivity contribution in [2.75, 3.05) is 14.1 Å². The Balaban J connectivity index is 3.37. The minimum atomic E-state index is -0.474. The predicted octanol–water partition coefficient (Wildman–Crippen LogP) is 1.71. The average molecular weight is 209 g/mol. The van der Waals surface area contributed by atoms with Crippen LogP contribution >= 0.6 is 0 Å². The Bertz CT molecular complexity index is 413. The van der Waals surface area contributed by atoms with Gasteiger partial charge in [0.1, 0.15) is 0 Å². The monoisotopic (exact) mass is 209 g/mol. The zero-order chi connectivity index (χ0) is 11.6. The highest BCUT2D eigenvalue weighted by molar-refractivity contribution is 5.88. The molecule has 0 saturated heterocycles. The number of nitro benzene ring substituents is 1. The zero-order valence-electron chi connectivity index (χ0n) is 8.93. The lowest BCUT2D eigenvalue weighted by atomic mass is 10.2. The summed E-state index contributed by atoms with van der Waals surface area (Å²) in [7, 11) is 3.26. The topological polar surface area (TPSA) is 60.2 Å². The standard InChI is InChI=1S/C10H13N2O3/c1-8(13)12(2,3)10-7-5-4-6-9(10)11(14)15/h4-7H,1-3H3/q+1. The number of nitro groups is 1. The molecule has 1 aromatic carbocycles. The van der Waals surface area contributed by atoms with Gasteiger partial charge in [0.05, 0.1) is 25.9 Å². The molecule has 0 atom stereocenters. The fourth-order valence-electron chi connectivity index (χ4n) is 1.26. The Hall–Kier alpha value is -1.75. The van der Waals surface area contributed by atoms with Crippen molar-refractivity contribution in [3.63, 3.8) is 0 Å². The van der Waals surface area contributed by atoms with E-state index in [1.54, 1.807) is 32.3 Å². The van der Waals surface area contributed by atoms with E-state index >= 15 is 0 Å². The van der Waals surface area contributed by atoms with Crippen LogP contribution in [0.1, 0.15) is 6.92 Å². The smallest absolute Gasteiger partial charge is 0.258 e. The van der Waals surface area contributed by atoms with E-state index in [9.17, 15) is 14.9 Å². The molecule has 1 aromatic rings. The first-order chi connectivity index (χ1) is 6.87. The molecule has 5 nitrogen and oxygen atoms in total. The first kappa shape index (κ1) is 11.3. The molecule has 80 valence electrons. The molecule has 0 aliphatic carbocycles. The summed E-state index contributed by atoms with van der Waals surface area (Å²) in [5.74, 6) is -0.149. The number of rotatable bonds is 2. The molecule has 0 aliphatic heterocycles. The molecule has 0 radical (unpaired) electrons. The molecule has 0 unspecified atom stereocenters. The Morgan fingerprint density at radius 3 is 2.33 bits per heavy atom. The Morgan fingerprint density at radius 1 is 1.33 bits per heavy atom. The van der Waals surface area contributed by atoms with Crippen molar-refractivity contribution in [2.24, 2.45) is 0 Å². The number of hydrogen-bond acceptors (Lipinski definition) is 3. The first-order valence-corrected chi connectivity index (χ1v) is 4.46. The SMILES string of the molecule is CC(=O)[N+](C)(C)c1ccccc1[N+](=O)[O-]. The molecule has 15 heavy (non-hydrogen) atoms. The van der Waals surface area contributed by atoms with Crippen LogP contribution in [0, 0.1) is 10.1 Å². The van der Waals surface area contributed by atoms with Crippen LogP contribution in [-0.4, -0.2) is 24.9 Å². The van der Waals surface area contributed by atoms with Gasteiger partial charge in [-0.05, 0) is 0 Å². The van der Waals surface area contributed by atoms with Crippen molar-refractivity contribution in [1.29, 1.82) is 0 Å². The van der Waals surface area contributed by atoms with Gasteiger partial charge in [-0.3, -0.25) is 10.1 Å². The van der Waals surface area contributed by atoms with Gasteiger partial charge < -0.3 is 0 Å². The highest BCUT2D eigenvalue weighted by Crippen LogP contribution is 2.30. The predicted molar refractivity (Wildman–Crippen MR) is 57.4 cm³/mol. The summed E-state index contributed by atoms with van der Waals surface area (Å²) in [6.07, 6.45) is 0. The lowest BCUT2D eigenvalue weighted by Crippen LogP contribution is -2.45. The van der Waals surface area contributed by atoms with Crippen LogP contribution in [0.2, 0.25) is 0 Å². The summed E-state index contributed by atoms with van der Waals surface area (Å²) in [6.45, 7) is 1.41. The largest absolute Gasteiger partial charge is 0.329 e. The van der Waals surface area contributed by atoms with Gasteiger partial charge in [0.25, 0.3) is 0 Å². The van der Waals surface area contributed by atoms with Crippen LogP contribution in [0.15, 0.2) is 24.3 Å². The van der Waals surface area contributed by atoms with Crippen LogP contribution in [-0.2, 0) is 4.79 Å². The molecule has 0 aliphatic rings. The molecule has 0 bridgehead atoms. The third-order valence-corrected chi connectivity index (χ3v) is 2.47. The van der Waals surface area contributed by atoms with Crippen LogP contribution in [0.3, 0.4) is 0 Å². The van der Waals surface area contributed by atoms with E-state index in [4.69, 9.17) is 0 Å². The van der Waals surface area contributed by atoms with E-state index in [1.165, 1.54) is 13.0 Å². The fourth-order valence-corrected chi connectivity index (χ4v) is 1.26. The average Bonchev–Trinajstić information content (AvgIpc) is 2.17. The van der Waals surface area contributed by atoms with Crippen LogP contribution in [0.25, 0.3) is 0 Å². The number of benzene rings is 1. The Morgan fingerprint density at radius 2 is 1.87 bits per heavy atom. The third-order valence-electron chi connectivity index (χ3n) is 2.47. The number of amides is 1. The summed E-state index contributed by atoms with van der Waals surface area (Å²) >= 11 is 0. The number of hydrogen-bond donors (Lipinski definition) is 0. The lowest BCUT2D eigenvalue weighted by molar-refractivity contribution is -0.384. The number of carbonyl (C=O) groups is 1.